The lowest BCUT2D eigenvalue weighted by Crippen LogP contribution is -2.04. The van der Waals surface area contributed by atoms with E-state index in [0.717, 1.165) is 61.1 Å². The van der Waals surface area contributed by atoms with Crippen LogP contribution in [0.1, 0.15) is 0 Å². The first-order valence-corrected chi connectivity index (χ1v) is 15.9. The summed E-state index contributed by atoms with van der Waals surface area (Å²) in [5.74, 6) is 0.813. The summed E-state index contributed by atoms with van der Waals surface area (Å²) in [5, 5.41) is 9.76. The second-order valence-corrected chi connectivity index (χ2v) is 12.8. The number of hydrogen-bond acceptors (Lipinski definition) is 4. The average Bonchev–Trinajstić information content (AvgIpc) is 3.59. The lowest BCUT2D eigenvalue weighted by molar-refractivity contribution is 0.669. The summed E-state index contributed by atoms with van der Waals surface area (Å²) in [5.41, 5.74) is 7.53. The van der Waals surface area contributed by atoms with Gasteiger partial charge < -0.3 is 4.42 Å². The Morgan fingerprint density at radius 1 is 0.489 bits per heavy atom. The van der Waals surface area contributed by atoms with Crippen LogP contribution in [-0.2, 0) is 0 Å². The van der Waals surface area contributed by atoms with E-state index in [1.165, 1.54) is 41.7 Å². The van der Waals surface area contributed by atoms with E-state index in [-0.39, 0.29) is 0 Å². The highest BCUT2D eigenvalue weighted by Crippen LogP contribution is 2.47. The van der Waals surface area contributed by atoms with Crippen molar-refractivity contribution in [3.05, 3.63) is 127 Å². The van der Waals surface area contributed by atoms with Gasteiger partial charge >= 0.3 is 0 Å². The third-order valence-electron chi connectivity index (χ3n) is 9.34. The van der Waals surface area contributed by atoms with Crippen molar-refractivity contribution in [2.45, 2.75) is 0 Å². The van der Waals surface area contributed by atoms with Gasteiger partial charge in [0.25, 0.3) is 0 Å². The van der Waals surface area contributed by atoms with Gasteiger partial charge in [0.2, 0.25) is 0 Å². The van der Waals surface area contributed by atoms with E-state index in [0.29, 0.717) is 0 Å². The van der Waals surface area contributed by atoms with Gasteiger partial charge in [0.05, 0.1) is 22.1 Å². The molecule has 7 aromatic carbocycles. The van der Waals surface area contributed by atoms with Gasteiger partial charge in [-0.15, -0.1) is 11.3 Å². The number of hydrogen-bond donors (Lipinski definition) is 0. The van der Waals surface area contributed by atoms with Crippen molar-refractivity contribution in [1.82, 2.24) is 14.5 Å². The first kappa shape index (κ1) is 23.6. The first-order chi connectivity index (χ1) is 22.3. The molecule has 5 heteroatoms. The minimum Gasteiger partial charge on any atom is -0.456 e. The van der Waals surface area contributed by atoms with Gasteiger partial charge in [-0.05, 0) is 59.3 Å². The van der Waals surface area contributed by atoms with Gasteiger partial charge in [-0.1, -0.05) is 78.9 Å². The summed E-state index contributed by atoms with van der Waals surface area (Å²) >= 11 is 1.87. The quantitative estimate of drug-likeness (QED) is 0.201. The predicted octanol–water partition coefficient (Wildman–Crippen LogP) is 11.3. The van der Waals surface area contributed by atoms with Crippen molar-refractivity contribution >= 4 is 97.1 Å². The maximum Gasteiger partial charge on any atom is 0.165 e. The van der Waals surface area contributed by atoms with Gasteiger partial charge in [0, 0.05) is 47.3 Å². The van der Waals surface area contributed by atoms with Crippen LogP contribution in [0.3, 0.4) is 0 Å². The lowest BCUT2D eigenvalue weighted by Gasteiger charge is -2.15. The van der Waals surface area contributed by atoms with Crippen LogP contribution in [0.25, 0.3) is 103 Å². The van der Waals surface area contributed by atoms with Crippen LogP contribution in [0, 0.1) is 0 Å². The molecule has 11 aromatic rings. The van der Waals surface area contributed by atoms with E-state index in [1.54, 1.807) is 0 Å². The lowest BCUT2D eigenvalue weighted by atomic mass is 10.00. The molecule has 4 nitrogen and oxygen atoms in total. The molecule has 0 saturated heterocycles. The zero-order valence-corrected chi connectivity index (χ0v) is 24.6. The fourth-order valence-electron chi connectivity index (χ4n) is 7.49. The Kier molecular flexibility index (Phi) is 4.43. The Labute approximate surface area is 259 Å². The average molecular weight is 592 g/mol. The summed E-state index contributed by atoms with van der Waals surface area (Å²) in [6, 6.07) is 45.0. The molecule has 0 spiro atoms. The minimum absolute atomic E-state index is 0.813. The highest BCUT2D eigenvalue weighted by Gasteiger charge is 2.25. The third-order valence-corrected chi connectivity index (χ3v) is 10.5. The van der Waals surface area contributed by atoms with Crippen LogP contribution >= 0.6 is 11.3 Å². The van der Waals surface area contributed by atoms with Gasteiger partial charge in [0.1, 0.15) is 16.9 Å². The maximum absolute atomic E-state index is 6.33. The Bertz CT molecular complexity index is 2900. The number of furan rings is 1. The predicted molar refractivity (Wildman–Crippen MR) is 188 cm³/mol. The third kappa shape index (κ3) is 3.05. The zero-order valence-electron chi connectivity index (χ0n) is 23.8. The summed E-state index contributed by atoms with van der Waals surface area (Å²) in [4.78, 5) is 10.8. The van der Waals surface area contributed by atoms with Gasteiger partial charge in [-0.2, -0.15) is 0 Å². The second kappa shape index (κ2) is 8.44. The normalized spacial score (nSPS) is 12.4. The molecule has 0 fully saturated rings. The molecular formula is C40H21N3OS. The van der Waals surface area contributed by atoms with Crippen molar-refractivity contribution in [2.75, 3.05) is 0 Å². The minimum atomic E-state index is 0.813. The second-order valence-electron chi connectivity index (χ2n) is 11.7. The molecule has 0 radical (unpaired) electrons. The van der Waals surface area contributed by atoms with Gasteiger partial charge in [0.15, 0.2) is 5.82 Å². The smallest absolute Gasteiger partial charge is 0.165 e. The van der Waals surface area contributed by atoms with Crippen LogP contribution in [0.2, 0.25) is 0 Å². The highest BCUT2D eigenvalue weighted by molar-refractivity contribution is 7.24. The van der Waals surface area contributed by atoms with Crippen molar-refractivity contribution in [2.24, 2.45) is 0 Å². The van der Waals surface area contributed by atoms with E-state index in [1.807, 2.05) is 47.7 Å². The zero-order chi connectivity index (χ0) is 29.2. The molecule has 0 aliphatic carbocycles. The Hall–Kier alpha value is -5.78. The first-order valence-electron chi connectivity index (χ1n) is 15.1. The molecule has 0 atom stereocenters. The molecule has 0 saturated carbocycles. The molecule has 4 heterocycles. The molecule has 0 unspecified atom stereocenters. The fourth-order valence-corrected chi connectivity index (χ4v) is 8.67. The molecule has 0 aliphatic heterocycles. The molecule has 45 heavy (non-hydrogen) atoms. The monoisotopic (exact) mass is 591 g/mol. The molecule has 0 N–H and O–H groups in total. The number of benzene rings is 7. The summed E-state index contributed by atoms with van der Waals surface area (Å²) in [6.45, 7) is 0. The molecule has 0 bridgehead atoms. The van der Waals surface area contributed by atoms with Crippen LogP contribution < -0.4 is 0 Å². The van der Waals surface area contributed by atoms with E-state index < -0.39 is 0 Å². The Morgan fingerprint density at radius 2 is 1.11 bits per heavy atom. The van der Waals surface area contributed by atoms with Gasteiger partial charge in [-0.3, -0.25) is 4.57 Å². The molecular weight excluding hydrogens is 571 g/mol. The van der Waals surface area contributed by atoms with E-state index >= 15 is 0 Å². The number of fused-ring (bicyclic) bond motifs is 4. The topological polar surface area (TPSA) is 43.9 Å². The highest BCUT2D eigenvalue weighted by atomic mass is 32.1. The number of aromatic nitrogens is 3. The molecule has 0 amide bonds. The Balaban J connectivity index is 1.38. The maximum atomic E-state index is 6.33. The number of para-hydroxylation sites is 3. The molecule has 208 valence electrons. The number of rotatable bonds is 2. The SMILES string of the molecule is c1ccc2nc(-n3c4ccc5cccc6sc7cccc8ccc3c(c87)c4c56)c(-c3cccc4oc5ccccc5c34)nc2c1. The molecule has 4 aromatic heterocycles. The van der Waals surface area contributed by atoms with Crippen molar-refractivity contribution in [3.8, 4) is 17.1 Å². The summed E-state index contributed by atoms with van der Waals surface area (Å²) < 4.78 is 11.2. The van der Waals surface area contributed by atoms with Crippen molar-refractivity contribution < 1.29 is 4.42 Å². The number of nitrogens with zero attached hydrogens (tertiary/aromatic N) is 3. The fraction of sp³-hybridized carbons (Fsp3) is 0. The van der Waals surface area contributed by atoms with Crippen LogP contribution in [0.15, 0.2) is 132 Å². The Morgan fingerprint density at radius 3 is 1.84 bits per heavy atom. The van der Waals surface area contributed by atoms with Gasteiger partial charge in [-0.25, -0.2) is 9.97 Å². The van der Waals surface area contributed by atoms with Crippen LogP contribution in [0.5, 0.6) is 0 Å². The van der Waals surface area contributed by atoms with Crippen molar-refractivity contribution in [1.29, 1.82) is 0 Å². The summed E-state index contributed by atoms with van der Waals surface area (Å²) in [6.07, 6.45) is 0. The van der Waals surface area contributed by atoms with E-state index in [4.69, 9.17) is 14.4 Å². The van der Waals surface area contributed by atoms with E-state index in [9.17, 15) is 0 Å². The molecule has 0 aliphatic rings. The standard InChI is InChI=1S/C40H21N3OS/c1-4-14-30-24(10-1)36-25(11-7-15-31(36)44-30)39-40(42-27-13-3-2-12-26(27)41-39)43-28-20-18-22-8-5-16-32-34(22)37(28)38-29(43)21-19-23-9-6-17-33(45-32)35(23)38/h1-21H. The van der Waals surface area contributed by atoms with Crippen molar-refractivity contribution in [3.63, 3.8) is 0 Å². The van der Waals surface area contributed by atoms with Crippen LogP contribution in [0.4, 0.5) is 0 Å². The van der Waals surface area contributed by atoms with Crippen LogP contribution in [-0.4, -0.2) is 14.5 Å². The largest absolute Gasteiger partial charge is 0.456 e. The summed E-state index contributed by atoms with van der Waals surface area (Å²) in [7, 11) is 0. The van der Waals surface area contributed by atoms with E-state index in [2.05, 4.69) is 95.6 Å². The molecule has 11 rings (SSSR count).